The van der Waals surface area contributed by atoms with E-state index in [0.717, 1.165) is 0 Å². The van der Waals surface area contributed by atoms with E-state index in [1.807, 2.05) is 13.8 Å². The number of carbonyl (C=O) groups excluding carboxylic acids is 3. The molecule has 0 bridgehead atoms. The molecule has 136 valence electrons. The normalized spacial score (nSPS) is 15.2. The van der Waals surface area contributed by atoms with Crippen LogP contribution < -0.4 is 5.32 Å². The van der Waals surface area contributed by atoms with E-state index in [2.05, 4.69) is 10.1 Å². The van der Waals surface area contributed by atoms with Crippen LogP contribution >= 0.6 is 11.6 Å². The van der Waals surface area contributed by atoms with Crippen molar-refractivity contribution in [2.24, 2.45) is 11.8 Å². The van der Waals surface area contributed by atoms with Crippen LogP contribution in [0.4, 0.5) is 5.69 Å². The van der Waals surface area contributed by atoms with Gasteiger partial charge in [-0.05, 0) is 31.0 Å². The summed E-state index contributed by atoms with van der Waals surface area (Å²) in [4.78, 5) is 37.9. The highest BCUT2D eigenvalue weighted by molar-refractivity contribution is 6.33. The van der Waals surface area contributed by atoms with Gasteiger partial charge in [0.2, 0.25) is 11.8 Å². The molecule has 2 amide bonds. The minimum Gasteiger partial charge on any atom is -0.465 e. The molecule has 0 aromatic heterocycles. The van der Waals surface area contributed by atoms with E-state index in [4.69, 9.17) is 11.6 Å². The summed E-state index contributed by atoms with van der Waals surface area (Å²) < 4.78 is 4.67. The number of rotatable bonds is 4. The number of piperidine rings is 1. The van der Waals surface area contributed by atoms with Crippen LogP contribution in [0.5, 0.6) is 0 Å². The summed E-state index contributed by atoms with van der Waals surface area (Å²) in [5.74, 6) is -0.750. The lowest BCUT2D eigenvalue weighted by Crippen LogP contribution is -2.43. The van der Waals surface area contributed by atoms with Crippen LogP contribution in [0.1, 0.15) is 37.0 Å². The average Bonchev–Trinajstić information content (AvgIpc) is 2.62. The Morgan fingerprint density at radius 1 is 1.24 bits per heavy atom. The average molecular weight is 367 g/mol. The maximum atomic E-state index is 12.5. The second-order valence-corrected chi connectivity index (χ2v) is 6.84. The molecule has 7 heteroatoms. The van der Waals surface area contributed by atoms with E-state index < -0.39 is 5.97 Å². The van der Waals surface area contributed by atoms with Gasteiger partial charge in [-0.3, -0.25) is 9.59 Å². The topological polar surface area (TPSA) is 75.7 Å². The predicted octanol–water partition coefficient (Wildman–Crippen LogP) is 2.96. The molecule has 1 aliphatic rings. The lowest BCUT2D eigenvalue weighted by molar-refractivity contribution is -0.137. The van der Waals surface area contributed by atoms with Crippen LogP contribution in [0.3, 0.4) is 0 Å². The smallest absolute Gasteiger partial charge is 0.337 e. The zero-order chi connectivity index (χ0) is 18.6. The molecule has 1 aromatic carbocycles. The Balaban J connectivity index is 1.99. The van der Waals surface area contributed by atoms with Crippen molar-refractivity contribution in [3.63, 3.8) is 0 Å². The molecule has 0 atom stereocenters. The highest BCUT2D eigenvalue weighted by atomic mass is 35.5. The van der Waals surface area contributed by atoms with Crippen molar-refractivity contribution in [2.75, 3.05) is 25.5 Å². The number of hydrogen-bond acceptors (Lipinski definition) is 4. The molecule has 0 spiro atoms. The molecule has 0 unspecified atom stereocenters. The number of hydrogen-bond donors (Lipinski definition) is 1. The second-order valence-electron chi connectivity index (χ2n) is 6.43. The summed E-state index contributed by atoms with van der Waals surface area (Å²) in [7, 11) is 1.29. The number of benzene rings is 1. The summed E-state index contributed by atoms with van der Waals surface area (Å²) in [5.41, 5.74) is 0.704. The van der Waals surface area contributed by atoms with Crippen LogP contribution in [0.15, 0.2) is 18.2 Å². The number of amides is 2. The van der Waals surface area contributed by atoms with E-state index >= 15 is 0 Å². The molecule has 25 heavy (non-hydrogen) atoms. The number of ether oxygens (including phenoxy) is 1. The first-order chi connectivity index (χ1) is 11.8. The third-order valence-electron chi connectivity index (χ3n) is 4.32. The second kappa shape index (κ2) is 8.34. The highest BCUT2D eigenvalue weighted by Crippen LogP contribution is 2.26. The van der Waals surface area contributed by atoms with Crippen LogP contribution in [0, 0.1) is 11.8 Å². The number of esters is 1. The fraction of sp³-hybridized carbons (Fsp3) is 0.500. The van der Waals surface area contributed by atoms with Crippen LogP contribution in [0.2, 0.25) is 5.02 Å². The van der Waals surface area contributed by atoms with Gasteiger partial charge in [0, 0.05) is 24.9 Å². The zero-order valence-corrected chi connectivity index (χ0v) is 15.4. The van der Waals surface area contributed by atoms with Crippen molar-refractivity contribution >= 4 is 35.1 Å². The molecular weight excluding hydrogens is 344 g/mol. The van der Waals surface area contributed by atoms with E-state index in [-0.39, 0.29) is 23.7 Å². The predicted molar refractivity (Wildman–Crippen MR) is 95.6 cm³/mol. The third kappa shape index (κ3) is 4.72. The van der Waals surface area contributed by atoms with Gasteiger partial charge in [-0.1, -0.05) is 25.4 Å². The Labute approximate surface area is 152 Å². The molecule has 1 aliphatic heterocycles. The van der Waals surface area contributed by atoms with E-state index in [1.165, 1.54) is 13.2 Å². The molecular formula is C18H23ClN2O4. The standard InChI is InChI=1S/C18H23ClN2O4/c1-11(2)17(23)21-8-6-12(7-9-21)16(22)20-15-10-13(18(24)25-3)4-5-14(15)19/h4-5,10-12H,6-9H2,1-3H3,(H,20,22). The number of halogens is 1. The number of methoxy groups -OCH3 is 1. The Morgan fingerprint density at radius 3 is 2.44 bits per heavy atom. The Kier molecular flexibility index (Phi) is 6.42. The minimum atomic E-state index is -0.493. The fourth-order valence-corrected chi connectivity index (χ4v) is 2.99. The van der Waals surface area contributed by atoms with E-state index in [9.17, 15) is 14.4 Å². The molecule has 0 saturated carbocycles. The summed E-state index contributed by atoms with van der Waals surface area (Å²) in [6.45, 7) is 4.89. The van der Waals surface area contributed by atoms with Gasteiger partial charge in [0.15, 0.2) is 0 Å². The van der Waals surface area contributed by atoms with Gasteiger partial charge >= 0.3 is 5.97 Å². The molecule has 1 heterocycles. The van der Waals surface area contributed by atoms with Gasteiger partial charge in [-0.15, -0.1) is 0 Å². The molecule has 1 fully saturated rings. The van der Waals surface area contributed by atoms with Crippen LogP contribution in [-0.2, 0) is 14.3 Å². The lowest BCUT2D eigenvalue weighted by Gasteiger charge is -2.32. The monoisotopic (exact) mass is 366 g/mol. The lowest BCUT2D eigenvalue weighted by atomic mass is 9.95. The number of carbonyl (C=O) groups is 3. The van der Waals surface area contributed by atoms with Crippen LogP contribution in [0.25, 0.3) is 0 Å². The number of likely N-dealkylation sites (tertiary alicyclic amines) is 1. The maximum absolute atomic E-state index is 12.5. The molecule has 1 aromatic rings. The summed E-state index contributed by atoms with van der Waals surface area (Å²) in [6, 6.07) is 4.59. The van der Waals surface area contributed by atoms with Crippen molar-refractivity contribution in [3.05, 3.63) is 28.8 Å². The fourth-order valence-electron chi connectivity index (χ4n) is 2.83. The number of anilines is 1. The van der Waals surface area contributed by atoms with Crippen molar-refractivity contribution in [1.82, 2.24) is 4.90 Å². The van der Waals surface area contributed by atoms with Gasteiger partial charge in [-0.2, -0.15) is 0 Å². The highest BCUT2D eigenvalue weighted by Gasteiger charge is 2.28. The Morgan fingerprint density at radius 2 is 1.88 bits per heavy atom. The summed E-state index contributed by atoms with van der Waals surface area (Å²) >= 11 is 6.11. The molecule has 1 N–H and O–H groups in total. The maximum Gasteiger partial charge on any atom is 0.337 e. The molecule has 0 radical (unpaired) electrons. The third-order valence-corrected chi connectivity index (χ3v) is 4.65. The first-order valence-corrected chi connectivity index (χ1v) is 8.68. The molecule has 0 aliphatic carbocycles. The zero-order valence-electron chi connectivity index (χ0n) is 14.7. The first-order valence-electron chi connectivity index (χ1n) is 8.31. The van der Waals surface area contributed by atoms with E-state index in [0.29, 0.717) is 42.2 Å². The largest absolute Gasteiger partial charge is 0.465 e. The van der Waals surface area contributed by atoms with Crippen LogP contribution in [-0.4, -0.2) is 42.9 Å². The molecule has 6 nitrogen and oxygen atoms in total. The summed E-state index contributed by atoms with van der Waals surface area (Å²) in [5, 5.41) is 3.14. The number of nitrogens with zero attached hydrogens (tertiary/aromatic N) is 1. The van der Waals surface area contributed by atoms with Gasteiger partial charge in [-0.25, -0.2) is 4.79 Å². The first kappa shape index (κ1) is 19.2. The van der Waals surface area contributed by atoms with E-state index in [1.54, 1.807) is 17.0 Å². The van der Waals surface area contributed by atoms with Crippen molar-refractivity contribution in [2.45, 2.75) is 26.7 Å². The van der Waals surface area contributed by atoms with Gasteiger partial charge in [0.05, 0.1) is 23.4 Å². The SMILES string of the molecule is COC(=O)c1ccc(Cl)c(NC(=O)C2CCN(C(=O)C(C)C)CC2)c1. The minimum absolute atomic E-state index is 0.0368. The molecule has 1 saturated heterocycles. The van der Waals surface area contributed by atoms with Crippen molar-refractivity contribution in [3.8, 4) is 0 Å². The Hall–Kier alpha value is -2.08. The van der Waals surface area contributed by atoms with Gasteiger partial charge in [0.25, 0.3) is 0 Å². The Bertz CT molecular complexity index is 667. The quantitative estimate of drug-likeness (QED) is 0.831. The van der Waals surface area contributed by atoms with Crippen molar-refractivity contribution in [1.29, 1.82) is 0 Å². The molecule has 2 rings (SSSR count). The van der Waals surface area contributed by atoms with Gasteiger partial charge < -0.3 is 15.0 Å². The summed E-state index contributed by atoms with van der Waals surface area (Å²) in [6.07, 6.45) is 1.22. The number of nitrogens with one attached hydrogen (secondary N) is 1. The van der Waals surface area contributed by atoms with Gasteiger partial charge in [0.1, 0.15) is 0 Å². The van der Waals surface area contributed by atoms with Crippen molar-refractivity contribution < 1.29 is 19.1 Å².